The zero-order chi connectivity index (χ0) is 23.4. The van der Waals surface area contributed by atoms with Gasteiger partial charge in [0.25, 0.3) is 0 Å². The first-order valence-electron chi connectivity index (χ1n) is 12.6. The van der Waals surface area contributed by atoms with E-state index >= 15 is 0 Å². The molecular formula is C29H36O5. The molecule has 3 atom stereocenters. The van der Waals surface area contributed by atoms with Crippen molar-refractivity contribution in [2.75, 3.05) is 6.79 Å². The fraction of sp³-hybridized carbons (Fsp3) is 0.483. The molecule has 5 nitrogen and oxygen atoms in total. The fourth-order valence-corrected chi connectivity index (χ4v) is 4.66. The molecule has 1 aliphatic carbocycles. The number of rotatable bonds is 10. The second-order valence-electron chi connectivity index (χ2n) is 9.23. The second-order valence-corrected chi connectivity index (χ2v) is 9.23. The normalized spacial score (nSPS) is 23.7. The van der Waals surface area contributed by atoms with E-state index in [9.17, 15) is 4.79 Å². The van der Waals surface area contributed by atoms with Crippen LogP contribution in [0.4, 0.5) is 0 Å². The van der Waals surface area contributed by atoms with Crippen LogP contribution in [0.1, 0.15) is 62.5 Å². The lowest BCUT2D eigenvalue weighted by Crippen LogP contribution is -2.38. The highest BCUT2D eigenvalue weighted by atomic mass is 16.7. The zero-order valence-corrected chi connectivity index (χ0v) is 19.8. The van der Waals surface area contributed by atoms with Crippen LogP contribution in [0.25, 0.3) is 6.08 Å². The quantitative estimate of drug-likeness (QED) is 0.243. The van der Waals surface area contributed by atoms with Gasteiger partial charge in [-0.15, -0.1) is 0 Å². The third-order valence-electron chi connectivity index (χ3n) is 6.43. The zero-order valence-electron chi connectivity index (χ0n) is 19.8. The topological polar surface area (TPSA) is 54.0 Å². The maximum Gasteiger partial charge on any atom is 0.308 e. The van der Waals surface area contributed by atoms with Gasteiger partial charge in [0.15, 0.2) is 0 Å². The Morgan fingerprint density at radius 1 is 0.912 bits per heavy atom. The lowest BCUT2D eigenvalue weighted by molar-refractivity contribution is -0.166. The largest absolute Gasteiger partial charge is 0.462 e. The Balaban J connectivity index is 1.30. The van der Waals surface area contributed by atoms with Crippen molar-refractivity contribution >= 4 is 12.0 Å². The van der Waals surface area contributed by atoms with Gasteiger partial charge in [-0.3, -0.25) is 4.79 Å². The number of carbonyl (C=O) groups is 1. The third kappa shape index (κ3) is 8.39. The van der Waals surface area contributed by atoms with Crippen LogP contribution in [0.5, 0.6) is 0 Å². The van der Waals surface area contributed by atoms with Gasteiger partial charge in [0.1, 0.15) is 12.9 Å². The van der Waals surface area contributed by atoms with E-state index in [4.69, 9.17) is 18.9 Å². The first-order valence-corrected chi connectivity index (χ1v) is 12.6. The van der Waals surface area contributed by atoms with Gasteiger partial charge in [-0.05, 0) is 36.8 Å². The van der Waals surface area contributed by atoms with E-state index in [-0.39, 0.29) is 43.6 Å². The molecule has 4 rings (SSSR count). The summed E-state index contributed by atoms with van der Waals surface area (Å²) < 4.78 is 23.8. The molecule has 34 heavy (non-hydrogen) atoms. The Morgan fingerprint density at radius 2 is 1.65 bits per heavy atom. The Bertz CT molecular complexity index is 876. The minimum Gasteiger partial charge on any atom is -0.462 e. The molecule has 0 N–H and O–H groups in total. The molecule has 0 unspecified atom stereocenters. The van der Waals surface area contributed by atoms with Crippen LogP contribution in [-0.2, 0) is 30.3 Å². The summed E-state index contributed by atoms with van der Waals surface area (Å²) in [5, 5.41) is 0. The van der Waals surface area contributed by atoms with Gasteiger partial charge in [-0.25, -0.2) is 0 Å². The molecular weight excluding hydrogens is 428 g/mol. The average Bonchev–Trinajstić information content (AvgIpc) is 2.87. The molecule has 1 heterocycles. The van der Waals surface area contributed by atoms with Crippen LogP contribution >= 0.6 is 0 Å². The molecule has 5 heteroatoms. The molecule has 182 valence electrons. The minimum atomic E-state index is -0.227. The van der Waals surface area contributed by atoms with Crippen LogP contribution in [0, 0.1) is 0 Å². The van der Waals surface area contributed by atoms with E-state index in [1.54, 1.807) is 0 Å². The van der Waals surface area contributed by atoms with Crippen molar-refractivity contribution < 1.29 is 23.7 Å². The highest BCUT2D eigenvalue weighted by Gasteiger charge is 2.31. The Labute approximate surface area is 203 Å². The van der Waals surface area contributed by atoms with Gasteiger partial charge in [-0.2, -0.15) is 0 Å². The predicted octanol–water partition coefficient (Wildman–Crippen LogP) is 6.07. The number of esters is 1. The van der Waals surface area contributed by atoms with Crippen molar-refractivity contribution in [1.29, 1.82) is 0 Å². The molecule has 1 saturated carbocycles. The molecule has 2 aromatic rings. The summed E-state index contributed by atoms with van der Waals surface area (Å²) in [6, 6.07) is 20.2. The van der Waals surface area contributed by atoms with Crippen LogP contribution in [0.2, 0.25) is 0 Å². The minimum absolute atomic E-state index is 0.0394. The van der Waals surface area contributed by atoms with E-state index in [0.717, 1.165) is 43.2 Å². The fourth-order valence-electron chi connectivity index (χ4n) is 4.66. The SMILES string of the molecule is O=C(C[C@H]1C[C@@H](OCOCc2ccccc2)C[C@@H](/C=C/c2ccccc2)O1)OC1CCCCC1. The lowest BCUT2D eigenvalue weighted by atomic mass is 9.97. The Hall–Kier alpha value is -2.47. The smallest absolute Gasteiger partial charge is 0.308 e. The van der Waals surface area contributed by atoms with Crippen LogP contribution in [0.3, 0.4) is 0 Å². The van der Waals surface area contributed by atoms with Crippen LogP contribution in [0.15, 0.2) is 66.7 Å². The number of benzene rings is 2. The first kappa shape index (κ1) is 24.6. The summed E-state index contributed by atoms with van der Waals surface area (Å²) >= 11 is 0. The molecule has 0 amide bonds. The number of carbonyl (C=O) groups excluding carboxylic acids is 1. The molecule has 2 aromatic carbocycles. The van der Waals surface area contributed by atoms with Crippen molar-refractivity contribution in [3.05, 3.63) is 77.9 Å². The average molecular weight is 465 g/mol. The van der Waals surface area contributed by atoms with Gasteiger partial charge in [0.05, 0.1) is 31.3 Å². The maximum atomic E-state index is 12.6. The van der Waals surface area contributed by atoms with Crippen molar-refractivity contribution in [3.63, 3.8) is 0 Å². The molecule has 2 fully saturated rings. The molecule has 2 aliphatic rings. The second kappa shape index (κ2) is 13.4. The van der Waals surface area contributed by atoms with E-state index in [1.165, 1.54) is 6.42 Å². The standard InChI is InChI=1S/C29H36O5/c30-29(34-25-14-8-3-9-15-25)20-28-19-27(32-22-31-21-24-12-6-2-7-13-24)18-26(33-28)17-16-23-10-4-1-5-11-23/h1-2,4-7,10-13,16-17,25-28H,3,8-9,14-15,18-22H2/b17-16+/t26-,27+,28-/m1/s1. The van der Waals surface area contributed by atoms with Gasteiger partial charge >= 0.3 is 5.97 Å². The monoisotopic (exact) mass is 464 g/mol. The number of hydrogen-bond acceptors (Lipinski definition) is 5. The van der Waals surface area contributed by atoms with Crippen molar-refractivity contribution in [1.82, 2.24) is 0 Å². The van der Waals surface area contributed by atoms with Crippen LogP contribution < -0.4 is 0 Å². The highest BCUT2D eigenvalue weighted by Crippen LogP contribution is 2.27. The van der Waals surface area contributed by atoms with Gasteiger partial charge < -0.3 is 18.9 Å². The van der Waals surface area contributed by atoms with Crippen molar-refractivity contribution in [3.8, 4) is 0 Å². The van der Waals surface area contributed by atoms with E-state index < -0.39 is 0 Å². The summed E-state index contributed by atoms with van der Waals surface area (Å²) in [7, 11) is 0. The van der Waals surface area contributed by atoms with E-state index in [1.807, 2.05) is 48.5 Å². The molecule has 0 aromatic heterocycles. The Morgan fingerprint density at radius 3 is 2.41 bits per heavy atom. The third-order valence-corrected chi connectivity index (χ3v) is 6.43. The van der Waals surface area contributed by atoms with Gasteiger partial charge in [0.2, 0.25) is 0 Å². The van der Waals surface area contributed by atoms with E-state index in [0.29, 0.717) is 13.0 Å². The summed E-state index contributed by atoms with van der Waals surface area (Å²) in [4.78, 5) is 12.6. The predicted molar refractivity (Wildman–Crippen MR) is 132 cm³/mol. The first-order chi connectivity index (χ1) is 16.7. The molecule has 1 aliphatic heterocycles. The molecule has 0 spiro atoms. The number of ether oxygens (including phenoxy) is 4. The molecule has 0 bridgehead atoms. The van der Waals surface area contributed by atoms with Gasteiger partial charge in [0, 0.05) is 12.8 Å². The molecule has 0 radical (unpaired) electrons. The number of hydrogen-bond donors (Lipinski definition) is 0. The summed E-state index contributed by atoms with van der Waals surface area (Å²) in [5.74, 6) is -0.163. The summed E-state index contributed by atoms with van der Waals surface area (Å²) in [6.07, 6.45) is 10.9. The molecule has 1 saturated heterocycles. The summed E-state index contributed by atoms with van der Waals surface area (Å²) in [6.45, 7) is 0.729. The van der Waals surface area contributed by atoms with Gasteiger partial charge in [-0.1, -0.05) is 79.2 Å². The Kier molecular flexibility index (Phi) is 9.73. The lowest BCUT2D eigenvalue weighted by Gasteiger charge is -2.34. The van der Waals surface area contributed by atoms with Crippen molar-refractivity contribution in [2.24, 2.45) is 0 Å². The van der Waals surface area contributed by atoms with E-state index in [2.05, 4.69) is 24.3 Å². The van der Waals surface area contributed by atoms with Crippen LogP contribution in [-0.4, -0.2) is 37.2 Å². The highest BCUT2D eigenvalue weighted by molar-refractivity contribution is 5.70. The van der Waals surface area contributed by atoms with Crippen molar-refractivity contribution in [2.45, 2.75) is 82.4 Å². The summed E-state index contributed by atoms with van der Waals surface area (Å²) in [5.41, 5.74) is 2.23. The maximum absolute atomic E-state index is 12.6.